The molecule has 0 saturated heterocycles. The summed E-state index contributed by atoms with van der Waals surface area (Å²) in [5.41, 5.74) is 1.13. The van der Waals surface area contributed by atoms with E-state index in [9.17, 15) is 9.59 Å². The van der Waals surface area contributed by atoms with Crippen LogP contribution in [0.15, 0.2) is 39.4 Å². The van der Waals surface area contributed by atoms with Gasteiger partial charge in [0.1, 0.15) is 0 Å². The number of anilines is 1. The lowest BCUT2D eigenvalue weighted by molar-refractivity contribution is 0.0601. The van der Waals surface area contributed by atoms with E-state index in [1.54, 1.807) is 30.3 Å². The summed E-state index contributed by atoms with van der Waals surface area (Å²) in [7, 11) is 1.33. The second-order valence-electron chi connectivity index (χ2n) is 4.25. The van der Waals surface area contributed by atoms with Crippen molar-refractivity contribution in [3.05, 3.63) is 46.3 Å². The number of halogens is 1. The van der Waals surface area contributed by atoms with E-state index in [-0.39, 0.29) is 5.76 Å². The summed E-state index contributed by atoms with van der Waals surface area (Å²) in [5.74, 6) is -0.624. The van der Waals surface area contributed by atoms with Crippen molar-refractivity contribution in [2.24, 2.45) is 0 Å². The second kappa shape index (κ2) is 5.90. The first-order valence-electron chi connectivity index (χ1n) is 6.12. The largest absolute Gasteiger partial charge is 0.465 e. The molecule has 0 atom stereocenters. The van der Waals surface area contributed by atoms with Gasteiger partial charge in [-0.25, -0.2) is 9.78 Å². The number of aromatic nitrogens is 1. The zero-order chi connectivity index (χ0) is 15.7. The highest BCUT2D eigenvalue weighted by Gasteiger charge is 2.14. The smallest absolute Gasteiger partial charge is 0.337 e. The van der Waals surface area contributed by atoms with E-state index in [0.717, 1.165) is 4.70 Å². The van der Waals surface area contributed by atoms with E-state index in [1.807, 2.05) is 0 Å². The molecule has 0 bridgehead atoms. The maximum absolute atomic E-state index is 12.0. The molecule has 1 aromatic carbocycles. The number of amides is 1. The van der Waals surface area contributed by atoms with E-state index in [1.165, 1.54) is 18.4 Å². The molecule has 2 heterocycles. The summed E-state index contributed by atoms with van der Waals surface area (Å²) in [6, 6.07) is 8.20. The highest BCUT2D eigenvalue weighted by Crippen LogP contribution is 2.27. The molecule has 0 fully saturated rings. The van der Waals surface area contributed by atoms with Crippen LogP contribution in [-0.2, 0) is 4.74 Å². The van der Waals surface area contributed by atoms with Gasteiger partial charge in [-0.3, -0.25) is 10.1 Å². The van der Waals surface area contributed by atoms with Gasteiger partial charge in [0, 0.05) is 0 Å². The van der Waals surface area contributed by atoms with E-state index in [4.69, 9.17) is 4.42 Å². The Kier molecular flexibility index (Phi) is 3.95. The Morgan fingerprint density at radius 1 is 1.32 bits per heavy atom. The predicted molar refractivity (Wildman–Crippen MR) is 85.3 cm³/mol. The number of benzene rings is 1. The van der Waals surface area contributed by atoms with E-state index >= 15 is 0 Å². The zero-order valence-corrected chi connectivity index (χ0v) is 13.7. The average Bonchev–Trinajstić information content (AvgIpc) is 3.11. The first kappa shape index (κ1) is 14.7. The Morgan fingerprint density at radius 2 is 2.14 bits per heavy atom. The number of furan rings is 1. The Hall–Kier alpha value is -2.19. The first-order chi connectivity index (χ1) is 10.6. The molecule has 2 aromatic heterocycles. The fourth-order valence-electron chi connectivity index (χ4n) is 1.82. The van der Waals surface area contributed by atoms with Crippen LogP contribution in [0.5, 0.6) is 0 Å². The van der Waals surface area contributed by atoms with E-state index in [0.29, 0.717) is 20.9 Å². The van der Waals surface area contributed by atoms with Crippen molar-refractivity contribution in [2.75, 3.05) is 12.4 Å². The van der Waals surface area contributed by atoms with Crippen LogP contribution in [0.4, 0.5) is 5.13 Å². The van der Waals surface area contributed by atoms with Crippen LogP contribution in [-0.4, -0.2) is 24.0 Å². The number of hydrogen-bond acceptors (Lipinski definition) is 6. The number of esters is 1. The molecular weight excluding hydrogens is 372 g/mol. The van der Waals surface area contributed by atoms with Crippen LogP contribution in [0.3, 0.4) is 0 Å². The number of fused-ring (bicyclic) bond motifs is 1. The van der Waals surface area contributed by atoms with Gasteiger partial charge in [0.15, 0.2) is 15.6 Å². The molecule has 0 unspecified atom stereocenters. The van der Waals surface area contributed by atoms with Gasteiger partial charge in [0.05, 0.1) is 22.9 Å². The summed E-state index contributed by atoms with van der Waals surface area (Å²) in [5, 5.41) is 3.09. The van der Waals surface area contributed by atoms with Gasteiger partial charge in [-0.1, -0.05) is 11.3 Å². The minimum Gasteiger partial charge on any atom is -0.465 e. The molecule has 6 nitrogen and oxygen atoms in total. The van der Waals surface area contributed by atoms with E-state index < -0.39 is 11.9 Å². The van der Waals surface area contributed by atoms with Crippen LogP contribution in [0.1, 0.15) is 20.9 Å². The molecule has 3 rings (SSSR count). The number of nitrogens with one attached hydrogen (secondary N) is 1. The molecule has 0 aliphatic carbocycles. The van der Waals surface area contributed by atoms with E-state index in [2.05, 4.69) is 31.0 Å². The topological polar surface area (TPSA) is 81.4 Å². The van der Waals surface area contributed by atoms with Crippen LogP contribution < -0.4 is 5.32 Å². The monoisotopic (exact) mass is 380 g/mol. The lowest BCUT2D eigenvalue weighted by Crippen LogP contribution is -2.10. The third-order valence-corrected chi connectivity index (χ3v) is 4.19. The number of thiazole rings is 1. The van der Waals surface area contributed by atoms with Gasteiger partial charge in [-0.2, -0.15) is 0 Å². The molecule has 22 heavy (non-hydrogen) atoms. The van der Waals surface area contributed by atoms with Crippen molar-refractivity contribution in [2.45, 2.75) is 0 Å². The molecule has 0 spiro atoms. The zero-order valence-electron chi connectivity index (χ0n) is 11.3. The minimum absolute atomic E-state index is 0.182. The lowest BCUT2D eigenvalue weighted by Gasteiger charge is -1.97. The summed E-state index contributed by atoms with van der Waals surface area (Å²) >= 11 is 4.40. The molecule has 112 valence electrons. The standard InChI is InChI=1S/C14H9BrN2O4S/c1-20-13(19)7-2-3-8-10(6-7)22-14(16-8)17-12(18)9-4-5-11(15)21-9/h2-6H,1H3,(H,16,17,18). The van der Waals surface area contributed by atoms with Crippen molar-refractivity contribution in [3.63, 3.8) is 0 Å². The molecular formula is C14H9BrN2O4S. The maximum atomic E-state index is 12.0. The molecule has 0 radical (unpaired) electrons. The quantitative estimate of drug-likeness (QED) is 0.700. The predicted octanol–water partition coefficient (Wildman–Crippen LogP) is 3.69. The van der Waals surface area contributed by atoms with Gasteiger partial charge in [0.25, 0.3) is 5.91 Å². The number of carbonyl (C=O) groups excluding carboxylic acids is 2. The van der Waals surface area contributed by atoms with Crippen LogP contribution in [0.2, 0.25) is 0 Å². The number of carbonyl (C=O) groups is 2. The first-order valence-corrected chi connectivity index (χ1v) is 7.73. The lowest BCUT2D eigenvalue weighted by atomic mass is 10.2. The number of nitrogens with zero attached hydrogens (tertiary/aromatic N) is 1. The second-order valence-corrected chi connectivity index (χ2v) is 6.06. The minimum atomic E-state index is -0.415. The van der Waals surface area contributed by atoms with Crippen LogP contribution in [0.25, 0.3) is 10.2 Å². The summed E-state index contributed by atoms with van der Waals surface area (Å²) in [6.07, 6.45) is 0. The van der Waals surface area contributed by atoms with Crippen molar-refractivity contribution in [1.29, 1.82) is 0 Å². The third kappa shape index (κ3) is 2.88. The summed E-state index contributed by atoms with van der Waals surface area (Å²) in [6.45, 7) is 0. The Balaban J connectivity index is 1.85. The number of hydrogen-bond donors (Lipinski definition) is 1. The highest BCUT2D eigenvalue weighted by atomic mass is 79.9. The average molecular weight is 381 g/mol. The van der Waals surface area contributed by atoms with Gasteiger partial charge < -0.3 is 9.15 Å². The highest BCUT2D eigenvalue weighted by molar-refractivity contribution is 9.10. The van der Waals surface area contributed by atoms with Crippen molar-refractivity contribution < 1.29 is 18.7 Å². The molecule has 1 N–H and O–H groups in total. The van der Waals surface area contributed by atoms with Crippen molar-refractivity contribution >= 4 is 54.5 Å². The van der Waals surface area contributed by atoms with Gasteiger partial charge in [-0.15, -0.1) is 0 Å². The molecule has 1 amide bonds. The molecule has 0 saturated carbocycles. The van der Waals surface area contributed by atoms with Gasteiger partial charge in [0.2, 0.25) is 0 Å². The maximum Gasteiger partial charge on any atom is 0.337 e. The van der Waals surface area contributed by atoms with Gasteiger partial charge >= 0.3 is 5.97 Å². The fraction of sp³-hybridized carbons (Fsp3) is 0.0714. The normalized spacial score (nSPS) is 10.6. The SMILES string of the molecule is COC(=O)c1ccc2nc(NC(=O)c3ccc(Br)o3)sc2c1. The number of rotatable bonds is 3. The molecule has 0 aliphatic rings. The number of methoxy groups -OCH3 is 1. The Labute approximate surface area is 137 Å². The van der Waals surface area contributed by atoms with Gasteiger partial charge in [-0.05, 0) is 46.3 Å². The number of ether oxygens (including phenoxy) is 1. The molecule has 3 aromatic rings. The third-order valence-electron chi connectivity index (χ3n) is 2.83. The Bertz CT molecular complexity index is 871. The van der Waals surface area contributed by atoms with Crippen LogP contribution >= 0.6 is 27.3 Å². The van der Waals surface area contributed by atoms with Crippen molar-refractivity contribution in [1.82, 2.24) is 4.98 Å². The molecule has 0 aliphatic heterocycles. The fourth-order valence-corrected chi connectivity index (χ4v) is 3.02. The van der Waals surface area contributed by atoms with Crippen LogP contribution in [0, 0.1) is 0 Å². The van der Waals surface area contributed by atoms with Crippen molar-refractivity contribution in [3.8, 4) is 0 Å². The Morgan fingerprint density at radius 3 is 2.82 bits per heavy atom. The summed E-state index contributed by atoms with van der Waals surface area (Å²) < 4.78 is 11.1. The molecule has 8 heteroatoms. The summed E-state index contributed by atoms with van der Waals surface area (Å²) in [4.78, 5) is 27.8.